The maximum atomic E-state index is 10.1. The summed E-state index contributed by atoms with van der Waals surface area (Å²) < 4.78 is 1.44. The van der Waals surface area contributed by atoms with Crippen molar-refractivity contribution >= 4 is 18.0 Å². The Labute approximate surface area is 67.3 Å². The summed E-state index contributed by atoms with van der Waals surface area (Å²) >= 11 is 0. The monoisotopic (exact) mass is 163 g/mol. The normalized spacial score (nSPS) is 10.0. The summed E-state index contributed by atoms with van der Waals surface area (Å²) in [4.78, 5) is 17.9. The van der Waals surface area contributed by atoms with Crippen molar-refractivity contribution in [1.29, 1.82) is 0 Å². The molecule has 1 N–H and O–H groups in total. The number of carbonyl (C=O) groups is 1. The summed E-state index contributed by atoms with van der Waals surface area (Å²) in [5.74, 6) is 0.361. The van der Waals surface area contributed by atoms with Crippen LogP contribution in [-0.2, 0) is 4.79 Å². The van der Waals surface area contributed by atoms with E-state index >= 15 is 0 Å². The number of anilines is 1. The van der Waals surface area contributed by atoms with Crippen molar-refractivity contribution in [1.82, 2.24) is 19.6 Å². The van der Waals surface area contributed by atoms with Gasteiger partial charge < -0.3 is 0 Å². The van der Waals surface area contributed by atoms with Crippen LogP contribution >= 0.6 is 0 Å². The van der Waals surface area contributed by atoms with Gasteiger partial charge in [-0.3, -0.25) is 10.1 Å². The maximum Gasteiger partial charge on any atom is 0.233 e. The molecular weight excluding hydrogens is 158 g/mol. The van der Waals surface area contributed by atoms with Gasteiger partial charge in [0.25, 0.3) is 0 Å². The lowest BCUT2D eigenvalue weighted by Crippen LogP contribution is -2.05. The number of rotatable bonds is 2. The van der Waals surface area contributed by atoms with Gasteiger partial charge in [-0.1, -0.05) is 0 Å². The highest BCUT2D eigenvalue weighted by Gasteiger charge is 2.00. The third kappa shape index (κ3) is 0.895. The fourth-order valence-electron chi connectivity index (χ4n) is 0.906. The molecular formula is C6H5N5O. The minimum atomic E-state index is 0.361. The van der Waals surface area contributed by atoms with Crippen LogP contribution in [0.5, 0.6) is 0 Å². The van der Waals surface area contributed by atoms with Crippen molar-refractivity contribution in [3.8, 4) is 0 Å². The Hall–Kier alpha value is -1.98. The van der Waals surface area contributed by atoms with Crippen molar-refractivity contribution in [2.24, 2.45) is 0 Å². The van der Waals surface area contributed by atoms with E-state index in [0.717, 1.165) is 0 Å². The van der Waals surface area contributed by atoms with Crippen LogP contribution in [0.3, 0.4) is 0 Å². The molecule has 0 aromatic carbocycles. The van der Waals surface area contributed by atoms with Crippen molar-refractivity contribution in [2.75, 3.05) is 5.32 Å². The van der Waals surface area contributed by atoms with E-state index in [9.17, 15) is 4.79 Å². The third-order valence-corrected chi connectivity index (χ3v) is 1.38. The molecule has 0 aliphatic rings. The van der Waals surface area contributed by atoms with E-state index in [1.54, 1.807) is 12.3 Å². The van der Waals surface area contributed by atoms with Gasteiger partial charge >= 0.3 is 0 Å². The van der Waals surface area contributed by atoms with E-state index in [1.165, 1.54) is 10.8 Å². The van der Waals surface area contributed by atoms with Gasteiger partial charge in [-0.2, -0.15) is 9.61 Å². The lowest BCUT2D eigenvalue weighted by molar-refractivity contribution is -0.105. The molecule has 0 radical (unpaired) electrons. The van der Waals surface area contributed by atoms with Gasteiger partial charge in [-0.05, 0) is 0 Å². The number of hydrogen-bond acceptors (Lipinski definition) is 4. The molecule has 0 spiro atoms. The lowest BCUT2D eigenvalue weighted by atomic mass is 10.7. The molecule has 12 heavy (non-hydrogen) atoms. The molecule has 0 atom stereocenters. The molecule has 0 fully saturated rings. The van der Waals surface area contributed by atoms with Gasteiger partial charge in [0.05, 0.1) is 6.20 Å². The molecule has 0 aliphatic carbocycles. The molecule has 0 saturated heterocycles. The van der Waals surface area contributed by atoms with Gasteiger partial charge in [0.1, 0.15) is 6.33 Å². The Morgan fingerprint density at radius 2 is 2.42 bits per heavy atom. The number of aromatic nitrogens is 4. The number of hydrogen-bond donors (Lipinski definition) is 1. The fraction of sp³-hybridized carbons (Fsp3) is 0. The van der Waals surface area contributed by atoms with Crippen LogP contribution < -0.4 is 5.32 Å². The van der Waals surface area contributed by atoms with Crippen molar-refractivity contribution < 1.29 is 4.79 Å². The van der Waals surface area contributed by atoms with Crippen LogP contribution in [0.1, 0.15) is 0 Å². The second-order valence-electron chi connectivity index (χ2n) is 2.06. The topological polar surface area (TPSA) is 72.2 Å². The molecule has 2 aromatic heterocycles. The molecule has 0 saturated carbocycles. The predicted molar refractivity (Wildman–Crippen MR) is 40.5 cm³/mol. The van der Waals surface area contributed by atoms with Gasteiger partial charge in [0, 0.05) is 6.07 Å². The van der Waals surface area contributed by atoms with E-state index in [1.807, 2.05) is 0 Å². The van der Waals surface area contributed by atoms with Crippen LogP contribution in [0.2, 0.25) is 0 Å². The van der Waals surface area contributed by atoms with Gasteiger partial charge in [0.2, 0.25) is 12.4 Å². The minimum Gasteiger partial charge on any atom is -0.297 e. The maximum absolute atomic E-state index is 10.1. The zero-order valence-electron chi connectivity index (χ0n) is 6.01. The summed E-state index contributed by atoms with van der Waals surface area (Å²) in [6.45, 7) is 0. The summed E-state index contributed by atoms with van der Waals surface area (Å²) in [6, 6.07) is 1.72. The average molecular weight is 163 g/mol. The molecule has 0 bridgehead atoms. The molecule has 2 heterocycles. The van der Waals surface area contributed by atoms with Crippen LogP contribution in [-0.4, -0.2) is 26.0 Å². The Balaban J connectivity index is 2.65. The first-order chi connectivity index (χ1) is 5.92. The highest BCUT2D eigenvalue weighted by Crippen LogP contribution is 2.02. The van der Waals surface area contributed by atoms with Crippen LogP contribution in [0.25, 0.3) is 5.65 Å². The third-order valence-electron chi connectivity index (χ3n) is 1.38. The number of carbonyl (C=O) groups excluding carboxylic acids is 1. The minimum absolute atomic E-state index is 0.361. The number of amides is 1. The van der Waals surface area contributed by atoms with Gasteiger partial charge in [-0.15, -0.1) is 0 Å². The number of fused-ring (bicyclic) bond motifs is 1. The van der Waals surface area contributed by atoms with Gasteiger partial charge in [-0.25, -0.2) is 9.97 Å². The summed E-state index contributed by atoms with van der Waals surface area (Å²) in [6.07, 6.45) is 3.49. The predicted octanol–water partition coefficient (Wildman–Crippen LogP) is -0.307. The molecule has 0 unspecified atom stereocenters. The zero-order chi connectivity index (χ0) is 8.39. The molecule has 60 valence electrons. The molecule has 6 heteroatoms. The van der Waals surface area contributed by atoms with E-state index in [-0.39, 0.29) is 0 Å². The highest BCUT2D eigenvalue weighted by atomic mass is 16.1. The number of nitrogens with zero attached hydrogens (tertiary/aromatic N) is 4. The first-order valence-electron chi connectivity index (χ1n) is 3.27. The van der Waals surface area contributed by atoms with E-state index in [4.69, 9.17) is 0 Å². The highest BCUT2D eigenvalue weighted by molar-refractivity contribution is 5.67. The summed E-state index contributed by atoms with van der Waals surface area (Å²) in [5, 5.41) is 6.31. The van der Waals surface area contributed by atoms with Crippen LogP contribution in [0.4, 0.5) is 5.95 Å². The van der Waals surface area contributed by atoms with E-state index < -0.39 is 0 Å². The molecule has 2 aromatic rings. The van der Waals surface area contributed by atoms with Crippen molar-refractivity contribution in [3.63, 3.8) is 0 Å². The van der Waals surface area contributed by atoms with Crippen molar-refractivity contribution in [3.05, 3.63) is 18.6 Å². The second kappa shape index (κ2) is 2.57. The largest absolute Gasteiger partial charge is 0.297 e. The van der Waals surface area contributed by atoms with E-state index in [0.29, 0.717) is 18.0 Å². The zero-order valence-corrected chi connectivity index (χ0v) is 6.01. The summed E-state index contributed by atoms with van der Waals surface area (Å²) in [5.41, 5.74) is 0.648. The molecule has 2 rings (SSSR count). The number of nitrogens with one attached hydrogen (secondary N) is 1. The van der Waals surface area contributed by atoms with E-state index in [2.05, 4.69) is 20.4 Å². The Morgan fingerprint density at radius 3 is 3.25 bits per heavy atom. The lowest BCUT2D eigenvalue weighted by Gasteiger charge is -1.98. The standard InChI is InChI=1S/C6H5N5O/c12-4-9-6-8-3-7-5-1-2-10-11(5)6/h1-4H,(H,7,8,9,12). The molecule has 1 amide bonds. The SMILES string of the molecule is O=CNc1ncnc2ccnn12. The fourth-order valence-corrected chi connectivity index (χ4v) is 0.906. The summed E-state index contributed by atoms with van der Waals surface area (Å²) in [7, 11) is 0. The molecule has 6 nitrogen and oxygen atoms in total. The van der Waals surface area contributed by atoms with Crippen LogP contribution in [0.15, 0.2) is 18.6 Å². The second-order valence-corrected chi connectivity index (χ2v) is 2.06. The Bertz CT molecular complexity index is 409. The Morgan fingerprint density at radius 1 is 1.50 bits per heavy atom. The molecule has 0 aliphatic heterocycles. The van der Waals surface area contributed by atoms with Crippen LogP contribution in [0, 0.1) is 0 Å². The first-order valence-corrected chi connectivity index (χ1v) is 3.27. The Kier molecular flexibility index (Phi) is 1.44. The van der Waals surface area contributed by atoms with Gasteiger partial charge in [0.15, 0.2) is 5.65 Å². The first kappa shape index (κ1) is 6.71. The van der Waals surface area contributed by atoms with Crippen molar-refractivity contribution in [2.45, 2.75) is 0 Å². The quantitative estimate of drug-likeness (QED) is 0.616. The average Bonchev–Trinajstić information content (AvgIpc) is 2.53. The smallest absolute Gasteiger partial charge is 0.233 e.